The second-order valence-electron chi connectivity index (χ2n) is 4.92. The van der Waals surface area contributed by atoms with E-state index in [-0.39, 0.29) is 0 Å². The Hall–Kier alpha value is -2.37. The topological polar surface area (TPSA) is 74.6 Å². The third-order valence-electron chi connectivity index (χ3n) is 3.49. The molecular formula is C14H18N6. The lowest BCUT2D eigenvalue weighted by Crippen LogP contribution is -2.08. The molecule has 0 bridgehead atoms. The summed E-state index contributed by atoms with van der Waals surface area (Å²) in [4.78, 5) is 0. The van der Waals surface area contributed by atoms with Gasteiger partial charge in [0.25, 0.3) is 0 Å². The number of hydrogen-bond acceptors (Lipinski definition) is 4. The highest BCUT2D eigenvalue weighted by Gasteiger charge is 2.13. The van der Waals surface area contributed by atoms with Crippen LogP contribution in [0.5, 0.6) is 0 Å². The SMILES string of the molecule is CCCc1c(N)nnn1Cc1nn(C)c2ccccc12. The van der Waals surface area contributed by atoms with Gasteiger partial charge in [-0.2, -0.15) is 5.10 Å². The molecule has 1 aromatic carbocycles. The summed E-state index contributed by atoms with van der Waals surface area (Å²) in [7, 11) is 1.95. The van der Waals surface area contributed by atoms with Crippen molar-refractivity contribution in [2.45, 2.75) is 26.3 Å². The molecule has 0 spiro atoms. The molecule has 0 aliphatic carbocycles. The van der Waals surface area contributed by atoms with Gasteiger partial charge in [0.15, 0.2) is 5.82 Å². The van der Waals surface area contributed by atoms with E-state index in [9.17, 15) is 0 Å². The zero-order valence-electron chi connectivity index (χ0n) is 11.7. The molecule has 2 heterocycles. The predicted octanol–water partition coefficient (Wildman–Crippen LogP) is 1.75. The lowest BCUT2D eigenvalue weighted by Gasteiger charge is -2.04. The molecule has 0 radical (unpaired) electrons. The van der Waals surface area contributed by atoms with Crippen LogP contribution in [0, 0.1) is 0 Å². The Morgan fingerprint density at radius 2 is 2.05 bits per heavy atom. The van der Waals surface area contributed by atoms with Crippen LogP contribution >= 0.6 is 0 Å². The third-order valence-corrected chi connectivity index (χ3v) is 3.49. The van der Waals surface area contributed by atoms with Crippen molar-refractivity contribution in [2.24, 2.45) is 7.05 Å². The van der Waals surface area contributed by atoms with E-state index < -0.39 is 0 Å². The highest BCUT2D eigenvalue weighted by Crippen LogP contribution is 2.19. The quantitative estimate of drug-likeness (QED) is 0.783. The summed E-state index contributed by atoms with van der Waals surface area (Å²) in [5.41, 5.74) is 8.98. The fraction of sp³-hybridized carbons (Fsp3) is 0.357. The fourth-order valence-electron chi connectivity index (χ4n) is 2.51. The van der Waals surface area contributed by atoms with E-state index in [4.69, 9.17) is 5.73 Å². The maximum Gasteiger partial charge on any atom is 0.169 e. The van der Waals surface area contributed by atoms with Gasteiger partial charge in [0.1, 0.15) is 0 Å². The lowest BCUT2D eigenvalue weighted by molar-refractivity contribution is 0.598. The summed E-state index contributed by atoms with van der Waals surface area (Å²) >= 11 is 0. The largest absolute Gasteiger partial charge is 0.381 e. The molecule has 2 N–H and O–H groups in total. The normalized spacial score (nSPS) is 11.3. The Balaban J connectivity index is 2.01. The molecule has 6 heteroatoms. The lowest BCUT2D eigenvalue weighted by atomic mass is 10.2. The monoisotopic (exact) mass is 270 g/mol. The number of nitrogen functional groups attached to an aromatic ring is 1. The number of aryl methyl sites for hydroxylation is 1. The molecule has 0 aliphatic rings. The van der Waals surface area contributed by atoms with E-state index in [0.717, 1.165) is 35.1 Å². The van der Waals surface area contributed by atoms with E-state index in [2.05, 4.69) is 34.5 Å². The molecule has 6 nitrogen and oxygen atoms in total. The number of anilines is 1. The highest BCUT2D eigenvalue weighted by atomic mass is 15.4. The zero-order valence-corrected chi connectivity index (χ0v) is 11.7. The van der Waals surface area contributed by atoms with Crippen molar-refractivity contribution in [1.82, 2.24) is 24.8 Å². The van der Waals surface area contributed by atoms with Crippen LogP contribution in [0.25, 0.3) is 10.9 Å². The van der Waals surface area contributed by atoms with Gasteiger partial charge in [0.05, 0.1) is 23.4 Å². The molecule has 0 aliphatic heterocycles. The average molecular weight is 270 g/mol. The second kappa shape index (κ2) is 4.96. The van der Waals surface area contributed by atoms with E-state index in [1.807, 2.05) is 28.5 Å². The van der Waals surface area contributed by atoms with Gasteiger partial charge in [-0.05, 0) is 12.5 Å². The fourth-order valence-corrected chi connectivity index (χ4v) is 2.51. The first-order valence-electron chi connectivity index (χ1n) is 6.79. The first kappa shape index (κ1) is 12.7. The second-order valence-corrected chi connectivity index (χ2v) is 4.92. The molecule has 0 amide bonds. The number of para-hydroxylation sites is 1. The van der Waals surface area contributed by atoms with Crippen LogP contribution in [0.1, 0.15) is 24.7 Å². The van der Waals surface area contributed by atoms with Crippen LogP contribution < -0.4 is 5.73 Å². The van der Waals surface area contributed by atoms with Gasteiger partial charge in [0, 0.05) is 12.4 Å². The van der Waals surface area contributed by atoms with Crippen molar-refractivity contribution in [2.75, 3.05) is 5.73 Å². The molecule has 0 unspecified atom stereocenters. The zero-order chi connectivity index (χ0) is 14.1. The number of hydrogen-bond donors (Lipinski definition) is 1. The average Bonchev–Trinajstić information content (AvgIpc) is 2.95. The van der Waals surface area contributed by atoms with Crippen LogP contribution in [0.4, 0.5) is 5.82 Å². The third kappa shape index (κ3) is 2.03. The van der Waals surface area contributed by atoms with Crippen LogP contribution in [0.3, 0.4) is 0 Å². The summed E-state index contributed by atoms with van der Waals surface area (Å²) in [5.74, 6) is 0.520. The molecular weight excluding hydrogens is 252 g/mol. The number of nitrogens with two attached hydrogens (primary N) is 1. The number of aromatic nitrogens is 5. The van der Waals surface area contributed by atoms with Crippen molar-refractivity contribution >= 4 is 16.7 Å². The van der Waals surface area contributed by atoms with Gasteiger partial charge in [-0.15, -0.1) is 5.10 Å². The van der Waals surface area contributed by atoms with Gasteiger partial charge in [-0.1, -0.05) is 36.8 Å². The highest BCUT2D eigenvalue weighted by molar-refractivity contribution is 5.81. The van der Waals surface area contributed by atoms with Crippen LogP contribution in [-0.2, 0) is 20.0 Å². The summed E-state index contributed by atoms with van der Waals surface area (Å²) in [6.07, 6.45) is 1.89. The van der Waals surface area contributed by atoms with Crippen molar-refractivity contribution < 1.29 is 0 Å². The van der Waals surface area contributed by atoms with Crippen molar-refractivity contribution in [3.63, 3.8) is 0 Å². The van der Waals surface area contributed by atoms with Crippen molar-refractivity contribution in [3.8, 4) is 0 Å². The maximum atomic E-state index is 5.88. The van der Waals surface area contributed by atoms with E-state index in [1.165, 1.54) is 0 Å². The molecule has 104 valence electrons. The Labute approximate surface area is 117 Å². The van der Waals surface area contributed by atoms with Gasteiger partial charge in [-0.3, -0.25) is 4.68 Å². The van der Waals surface area contributed by atoms with Crippen molar-refractivity contribution in [3.05, 3.63) is 35.7 Å². The Morgan fingerprint density at radius 1 is 1.25 bits per heavy atom. The van der Waals surface area contributed by atoms with Gasteiger partial charge in [-0.25, -0.2) is 4.68 Å². The minimum Gasteiger partial charge on any atom is -0.381 e. The van der Waals surface area contributed by atoms with Crippen molar-refractivity contribution in [1.29, 1.82) is 0 Å². The van der Waals surface area contributed by atoms with Gasteiger partial charge in [0.2, 0.25) is 0 Å². The minimum atomic E-state index is 0.520. The minimum absolute atomic E-state index is 0.520. The molecule has 3 aromatic rings. The van der Waals surface area contributed by atoms with E-state index in [1.54, 1.807) is 0 Å². The summed E-state index contributed by atoms with van der Waals surface area (Å²) in [6.45, 7) is 2.72. The number of nitrogens with zero attached hydrogens (tertiary/aromatic N) is 5. The van der Waals surface area contributed by atoms with E-state index in [0.29, 0.717) is 12.4 Å². The predicted molar refractivity (Wildman–Crippen MR) is 78.2 cm³/mol. The summed E-state index contributed by atoms with van der Waals surface area (Å²) in [6, 6.07) is 8.19. The molecule has 0 saturated carbocycles. The molecule has 0 saturated heterocycles. The number of rotatable bonds is 4. The first-order valence-corrected chi connectivity index (χ1v) is 6.79. The maximum absolute atomic E-state index is 5.88. The van der Waals surface area contributed by atoms with Crippen LogP contribution in [0.15, 0.2) is 24.3 Å². The van der Waals surface area contributed by atoms with Gasteiger partial charge >= 0.3 is 0 Å². The van der Waals surface area contributed by atoms with Gasteiger partial charge < -0.3 is 5.73 Å². The Bertz CT molecular complexity index is 739. The number of benzene rings is 1. The summed E-state index contributed by atoms with van der Waals surface area (Å²) < 4.78 is 3.75. The standard InChI is InChI=1S/C14H18N6/c1-3-6-13-14(15)16-18-20(13)9-11-10-7-4-5-8-12(10)19(2)17-11/h4-5,7-8H,3,6,9,15H2,1-2H3. The molecule has 3 rings (SSSR count). The Kier molecular flexibility index (Phi) is 3.14. The Morgan fingerprint density at radius 3 is 2.85 bits per heavy atom. The molecule has 0 atom stereocenters. The number of fused-ring (bicyclic) bond motifs is 1. The smallest absolute Gasteiger partial charge is 0.169 e. The van der Waals surface area contributed by atoms with E-state index >= 15 is 0 Å². The molecule has 20 heavy (non-hydrogen) atoms. The van der Waals surface area contributed by atoms with Crippen LogP contribution in [0.2, 0.25) is 0 Å². The molecule has 0 fully saturated rings. The van der Waals surface area contributed by atoms with Crippen LogP contribution in [-0.4, -0.2) is 24.8 Å². The molecule has 2 aromatic heterocycles. The summed E-state index contributed by atoms with van der Waals surface area (Å²) in [5, 5.41) is 13.8. The first-order chi connectivity index (χ1) is 9.70.